The summed E-state index contributed by atoms with van der Waals surface area (Å²) in [5.41, 5.74) is 1.46. The highest BCUT2D eigenvalue weighted by molar-refractivity contribution is 6.31. The average molecular weight is 331 g/mol. The van der Waals surface area contributed by atoms with Crippen molar-refractivity contribution in [1.82, 2.24) is 29.9 Å². The van der Waals surface area contributed by atoms with Crippen molar-refractivity contribution in [3.63, 3.8) is 0 Å². The quantitative estimate of drug-likeness (QED) is 0.775. The Kier molecular flexibility index (Phi) is 4.38. The Bertz CT molecular complexity index is 798. The molecule has 0 unspecified atom stereocenters. The summed E-state index contributed by atoms with van der Waals surface area (Å²) in [6, 6.07) is 7.56. The van der Waals surface area contributed by atoms with Crippen molar-refractivity contribution >= 4 is 17.5 Å². The normalized spacial score (nSPS) is 10.7. The van der Waals surface area contributed by atoms with Gasteiger partial charge >= 0.3 is 0 Å². The fourth-order valence-corrected chi connectivity index (χ4v) is 2.38. The predicted octanol–water partition coefficient (Wildman–Crippen LogP) is 1.98. The number of hydrogen-bond donors (Lipinski definition) is 1. The number of rotatable bonds is 5. The summed E-state index contributed by atoms with van der Waals surface area (Å²) in [4.78, 5) is 17.9. The first-order chi connectivity index (χ1) is 11.1. The monoisotopic (exact) mass is 330 g/mol. The highest BCUT2D eigenvalue weighted by Crippen LogP contribution is 2.16. The van der Waals surface area contributed by atoms with Gasteiger partial charge in [0.2, 0.25) is 0 Å². The lowest BCUT2D eigenvalue weighted by atomic mass is 10.2. The lowest BCUT2D eigenvalue weighted by molar-refractivity contribution is 0.0781. The molecule has 0 radical (unpaired) electrons. The van der Waals surface area contributed by atoms with Gasteiger partial charge in [-0.3, -0.25) is 14.6 Å². The van der Waals surface area contributed by atoms with Crippen molar-refractivity contribution in [3.8, 4) is 0 Å². The van der Waals surface area contributed by atoms with Gasteiger partial charge in [0.05, 0.1) is 24.8 Å². The smallest absolute Gasteiger partial charge is 0.257 e. The molecule has 0 fully saturated rings. The SMILES string of the molecule is CN(Cc1ncn[nH]1)C(=O)c1cnn(Cc2ccccc2Cl)c1. The number of amides is 1. The van der Waals surface area contributed by atoms with Crippen LogP contribution < -0.4 is 0 Å². The van der Waals surface area contributed by atoms with Gasteiger partial charge < -0.3 is 4.90 Å². The molecule has 0 spiro atoms. The van der Waals surface area contributed by atoms with Crippen molar-refractivity contribution < 1.29 is 4.79 Å². The average Bonchev–Trinajstić information content (AvgIpc) is 3.20. The molecule has 1 aromatic carbocycles. The van der Waals surface area contributed by atoms with Crippen LogP contribution in [-0.4, -0.2) is 42.8 Å². The predicted molar refractivity (Wildman–Crippen MR) is 85.0 cm³/mol. The highest BCUT2D eigenvalue weighted by Gasteiger charge is 2.15. The Morgan fingerprint density at radius 1 is 1.39 bits per heavy atom. The minimum absolute atomic E-state index is 0.133. The molecule has 2 heterocycles. The lowest BCUT2D eigenvalue weighted by Gasteiger charge is -2.14. The molecule has 23 heavy (non-hydrogen) atoms. The van der Waals surface area contributed by atoms with Gasteiger partial charge in [0.25, 0.3) is 5.91 Å². The fourth-order valence-electron chi connectivity index (χ4n) is 2.19. The Hall–Kier alpha value is -2.67. The first-order valence-corrected chi connectivity index (χ1v) is 7.37. The number of halogens is 1. The van der Waals surface area contributed by atoms with Crippen LogP contribution in [0.3, 0.4) is 0 Å². The van der Waals surface area contributed by atoms with E-state index in [2.05, 4.69) is 20.3 Å². The van der Waals surface area contributed by atoms with Gasteiger partial charge in [-0.25, -0.2) is 4.98 Å². The Balaban J connectivity index is 1.68. The minimum Gasteiger partial charge on any atom is -0.334 e. The molecule has 8 heteroatoms. The third kappa shape index (κ3) is 3.57. The van der Waals surface area contributed by atoms with Crippen molar-refractivity contribution in [1.29, 1.82) is 0 Å². The number of benzene rings is 1. The van der Waals surface area contributed by atoms with Crippen molar-refractivity contribution in [3.05, 3.63) is 65.0 Å². The second kappa shape index (κ2) is 6.62. The standard InChI is InChI=1S/C15H15ClN6O/c1-21(9-14-17-10-18-20-14)15(23)12-6-19-22(8-12)7-11-4-2-3-5-13(11)16/h2-6,8,10H,7,9H2,1H3,(H,17,18,20). The van der Waals surface area contributed by atoms with Crippen LogP contribution in [0.15, 0.2) is 43.0 Å². The minimum atomic E-state index is -0.133. The molecule has 2 aromatic heterocycles. The van der Waals surface area contributed by atoms with E-state index in [1.54, 1.807) is 29.0 Å². The van der Waals surface area contributed by atoms with Gasteiger partial charge in [0, 0.05) is 18.3 Å². The van der Waals surface area contributed by atoms with Crippen molar-refractivity contribution in [2.45, 2.75) is 13.1 Å². The molecule has 3 rings (SSSR count). The van der Waals surface area contributed by atoms with Crippen LogP contribution in [-0.2, 0) is 13.1 Å². The molecular formula is C15H15ClN6O. The van der Waals surface area contributed by atoms with E-state index in [-0.39, 0.29) is 5.91 Å². The van der Waals surface area contributed by atoms with E-state index in [1.165, 1.54) is 6.33 Å². The number of carbonyl (C=O) groups is 1. The van der Waals surface area contributed by atoms with E-state index in [0.29, 0.717) is 29.5 Å². The molecule has 3 aromatic rings. The number of hydrogen-bond acceptors (Lipinski definition) is 4. The molecule has 1 N–H and O–H groups in total. The number of nitrogens with one attached hydrogen (secondary N) is 1. The Morgan fingerprint density at radius 3 is 2.96 bits per heavy atom. The van der Waals surface area contributed by atoms with Crippen LogP contribution in [0, 0.1) is 0 Å². The third-order valence-corrected chi connectivity index (χ3v) is 3.74. The zero-order valence-corrected chi connectivity index (χ0v) is 13.2. The maximum atomic E-state index is 12.4. The van der Waals surface area contributed by atoms with Gasteiger partial charge in [-0.15, -0.1) is 0 Å². The molecule has 118 valence electrons. The Morgan fingerprint density at radius 2 is 2.22 bits per heavy atom. The molecule has 0 atom stereocenters. The van der Waals surface area contributed by atoms with Crippen LogP contribution in [0.4, 0.5) is 0 Å². The van der Waals surface area contributed by atoms with Crippen LogP contribution >= 0.6 is 11.6 Å². The van der Waals surface area contributed by atoms with Gasteiger partial charge in [0.15, 0.2) is 0 Å². The number of nitrogens with zero attached hydrogens (tertiary/aromatic N) is 5. The van der Waals surface area contributed by atoms with Gasteiger partial charge in [-0.1, -0.05) is 29.8 Å². The topological polar surface area (TPSA) is 79.7 Å². The molecule has 0 aliphatic rings. The second-order valence-corrected chi connectivity index (χ2v) is 5.52. The van der Waals surface area contributed by atoms with E-state index >= 15 is 0 Å². The summed E-state index contributed by atoms with van der Waals surface area (Å²) >= 11 is 6.14. The fraction of sp³-hybridized carbons (Fsp3) is 0.200. The van der Waals surface area contributed by atoms with Crippen LogP contribution in [0.5, 0.6) is 0 Å². The van der Waals surface area contributed by atoms with Gasteiger partial charge in [0.1, 0.15) is 12.2 Å². The molecule has 0 saturated heterocycles. The molecule has 1 amide bonds. The van der Waals surface area contributed by atoms with E-state index in [9.17, 15) is 4.79 Å². The molecule has 7 nitrogen and oxygen atoms in total. The summed E-state index contributed by atoms with van der Waals surface area (Å²) in [7, 11) is 1.70. The third-order valence-electron chi connectivity index (χ3n) is 3.37. The molecule has 0 aliphatic carbocycles. The summed E-state index contributed by atoms with van der Waals surface area (Å²) < 4.78 is 1.69. The van der Waals surface area contributed by atoms with Crippen LogP contribution in [0.25, 0.3) is 0 Å². The van der Waals surface area contributed by atoms with Crippen molar-refractivity contribution in [2.75, 3.05) is 7.05 Å². The van der Waals surface area contributed by atoms with E-state index in [4.69, 9.17) is 11.6 Å². The maximum Gasteiger partial charge on any atom is 0.257 e. The number of aromatic amines is 1. The second-order valence-electron chi connectivity index (χ2n) is 5.11. The van der Waals surface area contributed by atoms with Crippen LogP contribution in [0.1, 0.15) is 21.7 Å². The van der Waals surface area contributed by atoms with E-state index in [0.717, 1.165) is 5.56 Å². The van der Waals surface area contributed by atoms with E-state index in [1.807, 2.05) is 24.3 Å². The summed E-state index contributed by atoms with van der Waals surface area (Å²) in [5, 5.41) is 11.4. The lowest BCUT2D eigenvalue weighted by Crippen LogP contribution is -2.26. The van der Waals surface area contributed by atoms with Crippen LogP contribution in [0.2, 0.25) is 5.02 Å². The molecule has 0 bridgehead atoms. The number of H-pyrrole nitrogens is 1. The highest BCUT2D eigenvalue weighted by atomic mass is 35.5. The zero-order valence-electron chi connectivity index (χ0n) is 12.5. The Labute approximate surface area is 137 Å². The molecular weight excluding hydrogens is 316 g/mol. The molecule has 0 saturated carbocycles. The number of aromatic nitrogens is 5. The summed E-state index contributed by atoms with van der Waals surface area (Å²) in [6.45, 7) is 0.868. The van der Waals surface area contributed by atoms with Gasteiger partial charge in [-0.05, 0) is 11.6 Å². The van der Waals surface area contributed by atoms with Crippen molar-refractivity contribution in [2.24, 2.45) is 0 Å². The largest absolute Gasteiger partial charge is 0.334 e. The van der Waals surface area contributed by atoms with Gasteiger partial charge in [-0.2, -0.15) is 10.2 Å². The summed E-state index contributed by atoms with van der Waals surface area (Å²) in [5.74, 6) is 0.496. The first-order valence-electron chi connectivity index (χ1n) is 6.99. The zero-order chi connectivity index (χ0) is 16.2. The van der Waals surface area contributed by atoms with E-state index < -0.39 is 0 Å². The maximum absolute atomic E-state index is 12.4. The summed E-state index contributed by atoms with van der Waals surface area (Å²) in [6.07, 6.45) is 4.67. The first kappa shape index (κ1) is 15.2. The number of carbonyl (C=O) groups excluding carboxylic acids is 1. The molecule has 0 aliphatic heterocycles.